The van der Waals surface area contributed by atoms with Crippen molar-refractivity contribution in [1.29, 1.82) is 0 Å². The zero-order valence-electron chi connectivity index (χ0n) is 20.9. The van der Waals surface area contributed by atoms with Gasteiger partial charge in [-0.15, -0.1) is 0 Å². The number of aliphatic hydroxyl groups excluding tert-OH is 2. The highest BCUT2D eigenvalue weighted by Crippen LogP contribution is 2.53. The summed E-state index contributed by atoms with van der Waals surface area (Å²) in [7, 11) is 6.47. The zero-order valence-corrected chi connectivity index (χ0v) is 20.9. The number of primary amides is 1. The Hall–Kier alpha value is -3.74. The largest absolute Gasteiger partial charge is 0.508 e. The lowest BCUT2D eigenvalue weighted by Gasteiger charge is -2.50. The van der Waals surface area contributed by atoms with Crippen LogP contribution in [0.1, 0.15) is 17.5 Å². The van der Waals surface area contributed by atoms with E-state index < -0.39 is 69.7 Å². The van der Waals surface area contributed by atoms with Gasteiger partial charge >= 0.3 is 0 Å². The number of fused-ring (bicyclic) bond motifs is 3. The third-order valence-corrected chi connectivity index (χ3v) is 7.33. The molecule has 0 heterocycles. The number of phenolic OH excluding ortho intramolecular Hbond substituents is 1. The Kier molecular flexibility index (Phi) is 6.39. The van der Waals surface area contributed by atoms with Crippen LogP contribution in [0, 0.1) is 11.8 Å². The molecule has 2 amide bonds. The number of Topliss-reactive ketones (excluding diaryl/α,β-unsaturated/α-hetero) is 2. The molecule has 0 saturated heterocycles. The lowest BCUT2D eigenvalue weighted by atomic mass is 9.57. The highest BCUT2D eigenvalue weighted by Gasteiger charge is 2.64. The molecule has 4 atom stereocenters. The molecule has 4 rings (SSSR count). The number of ketones is 2. The van der Waals surface area contributed by atoms with Gasteiger partial charge in [-0.2, -0.15) is 0 Å². The molecule has 7 N–H and O–H groups in total. The summed E-state index contributed by atoms with van der Waals surface area (Å²) >= 11 is 0. The summed E-state index contributed by atoms with van der Waals surface area (Å²) in [6, 6.07) is 1.96. The molecule has 3 aliphatic rings. The van der Waals surface area contributed by atoms with Crippen molar-refractivity contribution >= 4 is 34.8 Å². The number of hydrogen-bond donors (Lipinski definition) is 6. The number of hydrogen-bond acceptors (Lipinski definition) is 10. The second kappa shape index (κ2) is 8.98. The van der Waals surface area contributed by atoms with Gasteiger partial charge in [0.15, 0.2) is 11.4 Å². The quantitative estimate of drug-likeness (QED) is 0.220. The number of carbonyl (C=O) groups excluding carboxylic acids is 4. The summed E-state index contributed by atoms with van der Waals surface area (Å²) in [6.07, 6.45) is 0.182. The van der Waals surface area contributed by atoms with E-state index in [-0.39, 0.29) is 36.2 Å². The summed E-state index contributed by atoms with van der Waals surface area (Å²) in [5, 5.41) is 47.1. The monoisotopic (exact) mass is 514 g/mol. The van der Waals surface area contributed by atoms with E-state index in [1.54, 1.807) is 25.1 Å². The fraction of sp³-hybridized carbons (Fsp3) is 0.440. The van der Waals surface area contributed by atoms with E-state index in [0.717, 1.165) is 0 Å². The lowest BCUT2D eigenvalue weighted by molar-refractivity contribution is -0.153. The molecule has 198 valence electrons. The van der Waals surface area contributed by atoms with Crippen LogP contribution >= 0.6 is 0 Å². The van der Waals surface area contributed by atoms with Gasteiger partial charge in [0.05, 0.1) is 23.8 Å². The maximum atomic E-state index is 13.8. The standard InChI is InChI=1S/C25H30N4O8/c1-28(2)9-14(30)27-13-6-5-10-7-11-8-12-18(29(3)4)21(33)17(24(26)36)23(35)25(12,37)22(34)16(11)20(32)15(10)19(13)31/h5-6,11-12,18,31-32,35,37H,7-9H2,1-4H3,(H2,26,36)(H,27,30)/t11-,12-,18-,25-/m1/s1. The maximum Gasteiger partial charge on any atom is 0.255 e. The molecule has 0 unspecified atom stereocenters. The van der Waals surface area contributed by atoms with Gasteiger partial charge in [-0.25, -0.2) is 0 Å². The van der Waals surface area contributed by atoms with Crippen molar-refractivity contribution in [1.82, 2.24) is 9.80 Å². The number of rotatable bonds is 5. The first-order valence-electron chi connectivity index (χ1n) is 11.7. The minimum Gasteiger partial charge on any atom is -0.508 e. The van der Waals surface area contributed by atoms with Gasteiger partial charge in [0.2, 0.25) is 11.7 Å². The highest BCUT2D eigenvalue weighted by molar-refractivity contribution is 6.24. The number of anilines is 1. The average molecular weight is 515 g/mol. The van der Waals surface area contributed by atoms with Gasteiger partial charge in [0, 0.05) is 11.5 Å². The fourth-order valence-electron chi connectivity index (χ4n) is 5.80. The molecule has 37 heavy (non-hydrogen) atoms. The van der Waals surface area contributed by atoms with Crippen LogP contribution in [-0.2, 0) is 25.6 Å². The lowest BCUT2D eigenvalue weighted by Crippen LogP contribution is -2.65. The van der Waals surface area contributed by atoms with Gasteiger partial charge < -0.3 is 36.4 Å². The summed E-state index contributed by atoms with van der Waals surface area (Å²) in [6.45, 7) is 0.0398. The predicted octanol–water partition coefficient (Wildman–Crippen LogP) is -0.536. The van der Waals surface area contributed by atoms with Gasteiger partial charge in [-0.05, 0) is 58.6 Å². The number of aromatic hydroxyl groups is 1. The van der Waals surface area contributed by atoms with Gasteiger partial charge in [-0.1, -0.05) is 6.07 Å². The molecule has 0 bridgehead atoms. The Morgan fingerprint density at radius 3 is 2.35 bits per heavy atom. The molecule has 12 heteroatoms. The molecule has 0 aromatic heterocycles. The second-order valence-electron chi connectivity index (χ2n) is 10.2. The Morgan fingerprint density at radius 2 is 1.78 bits per heavy atom. The average Bonchev–Trinajstić information content (AvgIpc) is 2.77. The van der Waals surface area contributed by atoms with E-state index >= 15 is 0 Å². The first-order valence-corrected chi connectivity index (χ1v) is 11.7. The molecule has 1 fully saturated rings. The number of likely N-dealkylation sites (N-methyl/N-ethyl adjacent to an activating group) is 2. The van der Waals surface area contributed by atoms with Crippen LogP contribution in [0.3, 0.4) is 0 Å². The first kappa shape index (κ1) is 26.3. The molecule has 1 aromatic carbocycles. The minimum absolute atomic E-state index is 0.00778. The zero-order chi connectivity index (χ0) is 27.6. The van der Waals surface area contributed by atoms with E-state index in [1.165, 1.54) is 25.1 Å². The van der Waals surface area contributed by atoms with E-state index in [2.05, 4.69) is 5.32 Å². The minimum atomic E-state index is -2.70. The van der Waals surface area contributed by atoms with E-state index in [4.69, 9.17) is 5.73 Å². The number of nitrogens with zero attached hydrogens (tertiary/aromatic N) is 2. The normalized spacial score (nSPS) is 27.3. The number of benzene rings is 1. The van der Waals surface area contributed by atoms with Crippen molar-refractivity contribution in [2.24, 2.45) is 17.6 Å². The van der Waals surface area contributed by atoms with Crippen molar-refractivity contribution in [3.63, 3.8) is 0 Å². The van der Waals surface area contributed by atoms with Gasteiger partial charge in [0.25, 0.3) is 5.91 Å². The van der Waals surface area contributed by atoms with Gasteiger partial charge in [0.1, 0.15) is 22.8 Å². The second-order valence-corrected chi connectivity index (χ2v) is 10.2. The Bertz CT molecular complexity index is 1300. The van der Waals surface area contributed by atoms with Crippen molar-refractivity contribution in [3.05, 3.63) is 40.2 Å². The maximum absolute atomic E-state index is 13.8. The third kappa shape index (κ3) is 3.88. The first-order chi connectivity index (χ1) is 17.2. The Labute approximate surface area is 212 Å². The fourth-order valence-corrected chi connectivity index (χ4v) is 5.80. The number of aliphatic hydroxyl groups is 3. The van der Waals surface area contributed by atoms with Crippen LogP contribution in [0.4, 0.5) is 5.69 Å². The van der Waals surface area contributed by atoms with Crippen LogP contribution in [-0.4, -0.2) is 100.0 Å². The SMILES string of the molecule is CN(C)CC(=O)Nc1ccc2c(c1O)C(O)=C1C(=O)[C@@]3(O)C(O)=C(C(N)=O)C(=O)[C@H](N(C)C)[C@H]3C[C@H]1C2. The van der Waals surface area contributed by atoms with Crippen LogP contribution in [0.15, 0.2) is 29.0 Å². The number of nitrogens with two attached hydrogens (primary N) is 1. The molecular weight excluding hydrogens is 484 g/mol. The summed E-state index contributed by atoms with van der Waals surface area (Å²) in [5.41, 5.74) is 1.93. The van der Waals surface area contributed by atoms with Crippen LogP contribution in [0.5, 0.6) is 5.75 Å². The smallest absolute Gasteiger partial charge is 0.255 e. The van der Waals surface area contributed by atoms with Crippen molar-refractivity contribution in [2.75, 3.05) is 40.1 Å². The molecular formula is C25H30N4O8. The van der Waals surface area contributed by atoms with Crippen LogP contribution in [0.2, 0.25) is 0 Å². The van der Waals surface area contributed by atoms with Gasteiger partial charge in [-0.3, -0.25) is 24.1 Å². The molecule has 0 aliphatic heterocycles. The highest BCUT2D eigenvalue weighted by atomic mass is 16.3. The molecule has 0 spiro atoms. The number of carbonyl (C=O) groups is 4. The van der Waals surface area contributed by atoms with Crippen molar-refractivity contribution < 1.29 is 39.6 Å². The summed E-state index contributed by atoms with van der Waals surface area (Å²) in [5.74, 6) is -7.61. The van der Waals surface area contributed by atoms with Crippen molar-refractivity contribution in [2.45, 2.75) is 24.5 Å². The van der Waals surface area contributed by atoms with E-state index in [9.17, 15) is 39.6 Å². The molecule has 1 saturated carbocycles. The predicted molar refractivity (Wildman–Crippen MR) is 131 cm³/mol. The Balaban J connectivity index is 1.86. The number of phenols is 1. The van der Waals surface area contributed by atoms with Crippen LogP contribution in [0.25, 0.3) is 5.76 Å². The molecule has 0 radical (unpaired) electrons. The third-order valence-electron chi connectivity index (χ3n) is 7.33. The topological polar surface area (TPSA) is 194 Å². The Morgan fingerprint density at radius 1 is 1.14 bits per heavy atom. The molecule has 3 aliphatic carbocycles. The summed E-state index contributed by atoms with van der Waals surface area (Å²) < 4.78 is 0. The molecule has 12 nitrogen and oxygen atoms in total. The number of amides is 2. The molecule has 1 aromatic rings. The van der Waals surface area contributed by atoms with Crippen molar-refractivity contribution in [3.8, 4) is 5.75 Å². The van der Waals surface area contributed by atoms with Crippen LogP contribution < -0.4 is 11.1 Å². The number of nitrogens with one attached hydrogen (secondary N) is 1. The van der Waals surface area contributed by atoms with E-state index in [0.29, 0.717) is 5.56 Å². The summed E-state index contributed by atoms with van der Waals surface area (Å²) in [4.78, 5) is 54.2. The van der Waals surface area contributed by atoms with E-state index in [1.807, 2.05) is 0 Å².